The molecule has 2 N–H and O–H groups in total. The molecular weight excluding hydrogens is 228 g/mol. The summed E-state index contributed by atoms with van der Waals surface area (Å²) in [6.45, 7) is 4.40. The molecule has 0 radical (unpaired) electrons. The average molecular weight is 246 g/mol. The quantitative estimate of drug-likeness (QED) is 0.731. The van der Waals surface area contributed by atoms with Gasteiger partial charge in [0.05, 0.1) is 0 Å². The van der Waals surface area contributed by atoms with Crippen LogP contribution in [-0.2, 0) is 14.3 Å². The van der Waals surface area contributed by atoms with Crippen LogP contribution in [0.1, 0.15) is 20.8 Å². The highest BCUT2D eigenvalue weighted by Gasteiger charge is 2.18. The van der Waals surface area contributed by atoms with Crippen molar-refractivity contribution in [3.8, 4) is 0 Å². The third-order valence-corrected chi connectivity index (χ3v) is 1.58. The lowest BCUT2D eigenvalue weighted by molar-refractivity contribution is -0.143. The SMILES string of the molecule is CN(CC(=O)O)C(=O)CNC(=O)OC(C)(C)C. The first-order valence-corrected chi connectivity index (χ1v) is 5.04. The molecule has 17 heavy (non-hydrogen) atoms. The Kier molecular flexibility index (Phi) is 5.43. The molecule has 0 aliphatic carbocycles. The Morgan fingerprint density at radius 2 is 1.82 bits per heavy atom. The normalized spacial score (nSPS) is 10.6. The maximum Gasteiger partial charge on any atom is 0.408 e. The highest BCUT2D eigenvalue weighted by atomic mass is 16.6. The molecule has 0 spiro atoms. The van der Waals surface area contributed by atoms with Gasteiger partial charge in [-0.2, -0.15) is 0 Å². The topological polar surface area (TPSA) is 95.9 Å². The van der Waals surface area contributed by atoms with Crippen LogP contribution >= 0.6 is 0 Å². The van der Waals surface area contributed by atoms with Crippen LogP contribution in [0, 0.1) is 0 Å². The summed E-state index contributed by atoms with van der Waals surface area (Å²) in [6, 6.07) is 0. The van der Waals surface area contributed by atoms with Crippen LogP contribution < -0.4 is 5.32 Å². The summed E-state index contributed by atoms with van der Waals surface area (Å²) in [7, 11) is 1.34. The lowest BCUT2D eigenvalue weighted by Crippen LogP contribution is -2.41. The van der Waals surface area contributed by atoms with Crippen LogP contribution in [0.5, 0.6) is 0 Å². The summed E-state index contributed by atoms with van der Waals surface area (Å²) >= 11 is 0. The van der Waals surface area contributed by atoms with E-state index < -0.39 is 30.1 Å². The van der Waals surface area contributed by atoms with Gasteiger partial charge in [-0.3, -0.25) is 9.59 Å². The summed E-state index contributed by atoms with van der Waals surface area (Å²) in [5, 5.41) is 10.7. The molecule has 0 aliphatic rings. The average Bonchev–Trinajstić information content (AvgIpc) is 2.10. The summed E-state index contributed by atoms with van der Waals surface area (Å²) in [4.78, 5) is 33.9. The molecule has 0 heterocycles. The summed E-state index contributed by atoms with van der Waals surface area (Å²) in [5.74, 6) is -1.61. The van der Waals surface area contributed by atoms with Gasteiger partial charge < -0.3 is 20.1 Å². The number of carbonyl (C=O) groups is 3. The molecule has 7 nitrogen and oxygen atoms in total. The van der Waals surface area contributed by atoms with Gasteiger partial charge in [0.25, 0.3) is 0 Å². The van der Waals surface area contributed by atoms with Crippen LogP contribution in [0.15, 0.2) is 0 Å². The van der Waals surface area contributed by atoms with Crippen LogP contribution in [0.3, 0.4) is 0 Å². The number of hydrogen-bond donors (Lipinski definition) is 2. The molecule has 0 aromatic carbocycles. The first-order valence-electron chi connectivity index (χ1n) is 5.04. The molecule has 98 valence electrons. The van der Waals surface area contributed by atoms with Crippen molar-refractivity contribution in [1.29, 1.82) is 0 Å². The van der Waals surface area contributed by atoms with Gasteiger partial charge in [-0.25, -0.2) is 4.79 Å². The minimum atomic E-state index is -1.11. The maximum atomic E-state index is 11.3. The molecule has 0 aromatic rings. The number of alkyl carbamates (subject to hydrolysis) is 1. The highest BCUT2D eigenvalue weighted by molar-refractivity contribution is 5.84. The highest BCUT2D eigenvalue weighted by Crippen LogP contribution is 2.06. The van der Waals surface area contributed by atoms with Crippen molar-refractivity contribution in [1.82, 2.24) is 10.2 Å². The van der Waals surface area contributed by atoms with Crippen LogP contribution in [0.2, 0.25) is 0 Å². The Bertz CT molecular complexity index is 308. The van der Waals surface area contributed by atoms with E-state index in [4.69, 9.17) is 9.84 Å². The fourth-order valence-electron chi connectivity index (χ4n) is 0.888. The summed E-state index contributed by atoms with van der Waals surface area (Å²) in [6.07, 6.45) is -0.713. The number of likely N-dealkylation sites (N-methyl/N-ethyl adjacent to an activating group) is 1. The smallest absolute Gasteiger partial charge is 0.408 e. The number of carboxylic acid groups (broad SMARTS) is 1. The van der Waals surface area contributed by atoms with Gasteiger partial charge in [0.2, 0.25) is 5.91 Å². The molecular formula is C10H18N2O5. The minimum Gasteiger partial charge on any atom is -0.480 e. The van der Waals surface area contributed by atoms with Crippen LogP contribution in [-0.4, -0.2) is 53.7 Å². The molecule has 0 aromatic heterocycles. The van der Waals surface area contributed by atoms with Gasteiger partial charge >= 0.3 is 12.1 Å². The zero-order valence-electron chi connectivity index (χ0n) is 10.4. The van der Waals surface area contributed by atoms with Gasteiger partial charge in [-0.1, -0.05) is 0 Å². The fraction of sp³-hybridized carbons (Fsp3) is 0.700. The van der Waals surface area contributed by atoms with E-state index >= 15 is 0 Å². The number of aliphatic carboxylic acids is 1. The second-order valence-corrected chi connectivity index (χ2v) is 4.50. The van der Waals surface area contributed by atoms with Crippen molar-refractivity contribution in [2.24, 2.45) is 0 Å². The van der Waals surface area contributed by atoms with E-state index in [-0.39, 0.29) is 6.54 Å². The fourth-order valence-corrected chi connectivity index (χ4v) is 0.888. The number of rotatable bonds is 4. The predicted octanol–water partition coefficient (Wildman–Crippen LogP) is 0.0541. The Morgan fingerprint density at radius 1 is 1.29 bits per heavy atom. The lowest BCUT2D eigenvalue weighted by Gasteiger charge is -2.20. The van der Waals surface area contributed by atoms with Gasteiger partial charge in [0.1, 0.15) is 18.7 Å². The molecule has 0 bridgehead atoms. The predicted molar refractivity (Wildman–Crippen MR) is 59.5 cm³/mol. The number of amides is 2. The number of nitrogens with zero attached hydrogens (tertiary/aromatic N) is 1. The Balaban J connectivity index is 4.00. The van der Waals surface area contributed by atoms with Crippen molar-refractivity contribution < 1.29 is 24.2 Å². The Morgan fingerprint density at radius 3 is 2.24 bits per heavy atom. The molecule has 0 saturated carbocycles. The van der Waals surface area contributed by atoms with Crippen molar-refractivity contribution in [2.45, 2.75) is 26.4 Å². The maximum absolute atomic E-state index is 11.3. The molecule has 0 unspecified atom stereocenters. The van der Waals surface area contributed by atoms with Crippen LogP contribution in [0.4, 0.5) is 4.79 Å². The number of carboxylic acids is 1. The van der Waals surface area contributed by atoms with E-state index in [0.29, 0.717) is 0 Å². The van der Waals surface area contributed by atoms with E-state index in [0.717, 1.165) is 4.90 Å². The van der Waals surface area contributed by atoms with E-state index in [1.165, 1.54) is 7.05 Å². The summed E-state index contributed by atoms with van der Waals surface area (Å²) in [5.41, 5.74) is -0.639. The molecule has 0 fully saturated rings. The van der Waals surface area contributed by atoms with E-state index in [1.54, 1.807) is 20.8 Å². The molecule has 0 saturated heterocycles. The van der Waals surface area contributed by atoms with Gasteiger partial charge in [0.15, 0.2) is 0 Å². The van der Waals surface area contributed by atoms with E-state index in [1.807, 2.05) is 0 Å². The first kappa shape index (κ1) is 15.2. The van der Waals surface area contributed by atoms with Crippen molar-refractivity contribution in [3.63, 3.8) is 0 Å². The number of ether oxygens (including phenoxy) is 1. The zero-order chi connectivity index (χ0) is 13.6. The van der Waals surface area contributed by atoms with Gasteiger partial charge in [0, 0.05) is 7.05 Å². The Hall–Kier alpha value is -1.79. The third-order valence-electron chi connectivity index (χ3n) is 1.58. The van der Waals surface area contributed by atoms with Crippen molar-refractivity contribution >= 4 is 18.0 Å². The summed E-state index contributed by atoms with van der Waals surface area (Å²) < 4.78 is 4.91. The van der Waals surface area contributed by atoms with E-state index in [2.05, 4.69) is 5.32 Å². The molecule has 0 atom stereocenters. The second-order valence-electron chi connectivity index (χ2n) is 4.50. The Labute approximate surface area is 99.7 Å². The molecule has 0 aliphatic heterocycles. The zero-order valence-corrected chi connectivity index (χ0v) is 10.4. The number of carbonyl (C=O) groups excluding carboxylic acids is 2. The monoisotopic (exact) mass is 246 g/mol. The lowest BCUT2D eigenvalue weighted by atomic mass is 10.2. The van der Waals surface area contributed by atoms with Gasteiger partial charge in [-0.05, 0) is 20.8 Å². The minimum absolute atomic E-state index is 0.293. The van der Waals surface area contributed by atoms with E-state index in [9.17, 15) is 14.4 Å². The van der Waals surface area contributed by atoms with Crippen molar-refractivity contribution in [3.05, 3.63) is 0 Å². The standard InChI is InChI=1S/C10H18N2O5/c1-10(2,3)17-9(16)11-5-7(13)12(4)6-8(14)15/h5-6H2,1-4H3,(H,11,16)(H,14,15). The molecule has 0 rings (SSSR count). The molecule has 2 amide bonds. The number of hydrogen-bond acceptors (Lipinski definition) is 4. The van der Waals surface area contributed by atoms with Gasteiger partial charge in [-0.15, -0.1) is 0 Å². The second kappa shape index (κ2) is 6.07. The van der Waals surface area contributed by atoms with Crippen LogP contribution in [0.25, 0.3) is 0 Å². The van der Waals surface area contributed by atoms with Crippen molar-refractivity contribution in [2.75, 3.05) is 20.1 Å². The largest absolute Gasteiger partial charge is 0.480 e. The third kappa shape index (κ3) is 8.06. The first-order chi connectivity index (χ1) is 7.61. The molecule has 7 heteroatoms. The number of nitrogens with one attached hydrogen (secondary N) is 1.